The van der Waals surface area contributed by atoms with Crippen LogP contribution in [0.4, 0.5) is 5.82 Å². The van der Waals surface area contributed by atoms with E-state index in [0.717, 1.165) is 49.7 Å². The summed E-state index contributed by atoms with van der Waals surface area (Å²) >= 11 is 8.01. The molecule has 2 aromatic heterocycles. The molecule has 5 rings (SSSR count). The number of halogens is 1. The van der Waals surface area contributed by atoms with Crippen LogP contribution in [0.5, 0.6) is 0 Å². The highest BCUT2D eigenvalue weighted by molar-refractivity contribution is 7.99. The van der Waals surface area contributed by atoms with Crippen molar-refractivity contribution in [3.8, 4) is 0 Å². The Morgan fingerprint density at radius 3 is 2.74 bits per heavy atom. The minimum atomic E-state index is -0.211. The Bertz CT molecular complexity index is 1230. The van der Waals surface area contributed by atoms with Crippen molar-refractivity contribution < 1.29 is 9.84 Å². The number of fused-ring (bicyclic) bond motifs is 1. The Labute approximate surface area is 207 Å². The normalized spacial score (nSPS) is 19.9. The average molecular weight is 502 g/mol. The van der Waals surface area contributed by atoms with Crippen molar-refractivity contribution in [3.63, 3.8) is 0 Å². The van der Waals surface area contributed by atoms with Crippen molar-refractivity contribution in [1.29, 1.82) is 0 Å². The van der Waals surface area contributed by atoms with Crippen molar-refractivity contribution >= 4 is 40.1 Å². The number of hydrogen-bond donors (Lipinski definition) is 1. The lowest BCUT2D eigenvalue weighted by Crippen LogP contribution is -2.41. The van der Waals surface area contributed by atoms with E-state index in [-0.39, 0.29) is 12.2 Å². The molecule has 1 aromatic carbocycles. The van der Waals surface area contributed by atoms with Crippen molar-refractivity contribution in [2.24, 2.45) is 5.41 Å². The quantitative estimate of drug-likeness (QED) is 0.545. The molecule has 2 saturated heterocycles. The van der Waals surface area contributed by atoms with Gasteiger partial charge >= 0.3 is 0 Å². The van der Waals surface area contributed by atoms with Crippen LogP contribution < -0.4 is 10.5 Å². The smallest absolute Gasteiger partial charge is 0.262 e. The molecule has 3 aromatic rings. The molecule has 0 amide bonds. The van der Waals surface area contributed by atoms with Crippen LogP contribution >= 0.6 is 23.4 Å². The van der Waals surface area contributed by atoms with Crippen LogP contribution in [0.1, 0.15) is 32.6 Å². The largest absolute Gasteiger partial charge is 0.396 e. The standard InChI is InChI=1S/C24H28ClN5O3S/c1-16-11-24(14-33-16)5-8-29(9-6-24)19-12-27-20(13-26-19)34-18-4-3-17-21(22(18)25)23(32)30(15-28-17)7-2-10-31/h3-4,12-13,15-16,31H,2,5-11,14H2,1H3/t16-/m0/s1. The molecule has 2 fully saturated rings. The number of piperidine rings is 1. The molecule has 4 heterocycles. The van der Waals surface area contributed by atoms with E-state index in [1.165, 1.54) is 22.7 Å². The van der Waals surface area contributed by atoms with E-state index in [9.17, 15) is 4.79 Å². The van der Waals surface area contributed by atoms with E-state index in [1.807, 2.05) is 12.3 Å². The summed E-state index contributed by atoms with van der Waals surface area (Å²) in [5.74, 6) is 0.881. The van der Waals surface area contributed by atoms with Gasteiger partial charge in [0.2, 0.25) is 0 Å². The molecule has 1 N–H and O–H groups in total. The number of aryl methyl sites for hydroxylation is 1. The predicted molar refractivity (Wildman–Crippen MR) is 133 cm³/mol. The Morgan fingerprint density at radius 1 is 1.24 bits per heavy atom. The van der Waals surface area contributed by atoms with Gasteiger partial charge in [-0.15, -0.1) is 0 Å². The first-order valence-corrected chi connectivity index (χ1v) is 12.8. The van der Waals surface area contributed by atoms with E-state index >= 15 is 0 Å². The van der Waals surface area contributed by atoms with Crippen LogP contribution in [0, 0.1) is 5.41 Å². The molecule has 8 nitrogen and oxygen atoms in total. The molecule has 10 heteroatoms. The lowest BCUT2D eigenvalue weighted by Gasteiger charge is -2.38. The number of ether oxygens (including phenoxy) is 1. The van der Waals surface area contributed by atoms with Gasteiger partial charge in [-0.25, -0.2) is 15.0 Å². The van der Waals surface area contributed by atoms with Crippen LogP contribution in [-0.4, -0.2) is 57.0 Å². The monoisotopic (exact) mass is 501 g/mol. The summed E-state index contributed by atoms with van der Waals surface area (Å²) in [6.07, 6.45) is 9.29. The van der Waals surface area contributed by atoms with Gasteiger partial charge in [-0.05, 0) is 50.2 Å². The average Bonchev–Trinajstić information content (AvgIpc) is 3.21. The number of benzene rings is 1. The fraction of sp³-hybridized carbons (Fsp3) is 0.500. The molecule has 180 valence electrons. The highest BCUT2D eigenvalue weighted by atomic mass is 35.5. The van der Waals surface area contributed by atoms with Gasteiger partial charge in [-0.3, -0.25) is 9.36 Å². The van der Waals surface area contributed by atoms with Gasteiger partial charge in [0.1, 0.15) is 10.8 Å². The zero-order valence-corrected chi connectivity index (χ0v) is 20.7. The fourth-order valence-corrected chi connectivity index (χ4v) is 6.03. The number of aliphatic hydroxyl groups is 1. The molecular weight excluding hydrogens is 474 g/mol. The highest BCUT2D eigenvalue weighted by Gasteiger charge is 2.41. The Kier molecular flexibility index (Phi) is 6.79. The summed E-state index contributed by atoms with van der Waals surface area (Å²) in [5, 5.41) is 10.5. The topological polar surface area (TPSA) is 93.4 Å². The number of nitrogens with zero attached hydrogens (tertiary/aromatic N) is 5. The van der Waals surface area contributed by atoms with Gasteiger partial charge in [0.25, 0.3) is 5.56 Å². The first-order chi connectivity index (χ1) is 16.5. The van der Waals surface area contributed by atoms with Gasteiger partial charge in [-0.2, -0.15) is 0 Å². The highest BCUT2D eigenvalue weighted by Crippen LogP contribution is 2.42. The Hall–Kier alpha value is -2.20. The second-order valence-electron chi connectivity index (χ2n) is 9.22. The molecule has 0 aliphatic carbocycles. The molecule has 2 aliphatic heterocycles. The van der Waals surface area contributed by atoms with Crippen molar-refractivity contribution in [2.45, 2.75) is 55.2 Å². The number of anilines is 1. The molecule has 0 unspecified atom stereocenters. The maximum Gasteiger partial charge on any atom is 0.262 e. The number of hydrogen-bond acceptors (Lipinski definition) is 8. The van der Waals surface area contributed by atoms with E-state index in [1.54, 1.807) is 12.3 Å². The lowest BCUT2D eigenvalue weighted by atomic mass is 9.77. The van der Waals surface area contributed by atoms with Crippen LogP contribution in [0.2, 0.25) is 5.02 Å². The van der Waals surface area contributed by atoms with E-state index < -0.39 is 0 Å². The molecule has 1 spiro atoms. The van der Waals surface area contributed by atoms with E-state index in [4.69, 9.17) is 21.4 Å². The van der Waals surface area contributed by atoms with Gasteiger partial charge < -0.3 is 14.7 Å². The summed E-state index contributed by atoms with van der Waals surface area (Å²) < 4.78 is 7.31. The summed E-state index contributed by atoms with van der Waals surface area (Å²) in [4.78, 5) is 29.5. The van der Waals surface area contributed by atoms with Gasteiger partial charge in [-0.1, -0.05) is 23.4 Å². The molecular formula is C24H28ClN5O3S. The van der Waals surface area contributed by atoms with Crippen LogP contribution in [-0.2, 0) is 11.3 Å². The minimum Gasteiger partial charge on any atom is -0.396 e. The third-order valence-corrected chi connectivity index (χ3v) is 8.31. The van der Waals surface area contributed by atoms with Gasteiger partial charge in [0.05, 0.1) is 47.4 Å². The second-order valence-corrected chi connectivity index (χ2v) is 10.7. The summed E-state index contributed by atoms with van der Waals surface area (Å²) in [6, 6.07) is 3.64. The second kappa shape index (κ2) is 9.81. The Morgan fingerprint density at radius 2 is 2.06 bits per heavy atom. The lowest BCUT2D eigenvalue weighted by molar-refractivity contribution is 0.0976. The zero-order chi connectivity index (χ0) is 23.7. The molecule has 0 radical (unpaired) electrons. The van der Waals surface area contributed by atoms with Crippen molar-refractivity contribution in [3.05, 3.63) is 46.2 Å². The third kappa shape index (κ3) is 4.66. The Balaban J connectivity index is 1.30. The third-order valence-electron chi connectivity index (χ3n) is 6.82. The first kappa shape index (κ1) is 23.5. The van der Waals surface area contributed by atoms with Crippen LogP contribution in [0.3, 0.4) is 0 Å². The van der Waals surface area contributed by atoms with E-state index in [0.29, 0.717) is 45.4 Å². The fourth-order valence-electron chi connectivity index (χ4n) is 4.91. The van der Waals surface area contributed by atoms with Crippen molar-refractivity contribution in [1.82, 2.24) is 19.5 Å². The van der Waals surface area contributed by atoms with Crippen molar-refractivity contribution in [2.75, 3.05) is 31.2 Å². The number of aromatic nitrogens is 4. The predicted octanol–water partition coefficient (Wildman–Crippen LogP) is 3.77. The molecule has 1 atom stereocenters. The summed E-state index contributed by atoms with van der Waals surface area (Å²) in [7, 11) is 0. The maximum absolute atomic E-state index is 12.9. The maximum atomic E-state index is 12.9. The zero-order valence-electron chi connectivity index (χ0n) is 19.1. The molecule has 34 heavy (non-hydrogen) atoms. The van der Waals surface area contributed by atoms with Crippen LogP contribution in [0.25, 0.3) is 10.9 Å². The SMILES string of the molecule is C[C@H]1CC2(CCN(c3cnc(Sc4ccc5ncn(CCCO)c(=O)c5c4Cl)cn3)CC2)CO1. The van der Waals surface area contributed by atoms with E-state index in [2.05, 4.69) is 26.8 Å². The number of aliphatic hydroxyl groups excluding tert-OH is 1. The first-order valence-electron chi connectivity index (χ1n) is 11.6. The summed E-state index contributed by atoms with van der Waals surface area (Å²) in [5.41, 5.74) is 0.667. The molecule has 2 aliphatic rings. The summed E-state index contributed by atoms with van der Waals surface area (Å²) in [6.45, 7) is 5.36. The van der Waals surface area contributed by atoms with Crippen LogP contribution in [0.15, 0.2) is 45.6 Å². The molecule has 0 saturated carbocycles. The van der Waals surface area contributed by atoms with Gasteiger partial charge in [0, 0.05) is 31.1 Å². The number of rotatable bonds is 6. The minimum absolute atomic E-state index is 0.00862. The molecule has 0 bridgehead atoms. The van der Waals surface area contributed by atoms with Gasteiger partial charge in [0.15, 0.2) is 0 Å².